The van der Waals surface area contributed by atoms with Gasteiger partial charge in [-0.3, -0.25) is 28.2 Å². The number of nitrogens with zero attached hydrogens (tertiary/aromatic N) is 11. The topological polar surface area (TPSA) is 426 Å². The number of benzene rings is 8. The highest BCUT2D eigenvalue weighted by atomic mass is 32.2. The number of halogens is 3. The second-order valence-corrected chi connectivity index (χ2v) is 30.9. The molecule has 0 aliphatic rings. The molecule has 668 valence electrons. The molecule has 0 atom stereocenters. The van der Waals surface area contributed by atoms with Gasteiger partial charge in [0.1, 0.15) is 12.9 Å². The van der Waals surface area contributed by atoms with E-state index in [1.54, 1.807) is 161 Å². The highest BCUT2D eigenvalue weighted by Gasteiger charge is 2.32. The van der Waals surface area contributed by atoms with Gasteiger partial charge in [-0.1, -0.05) is 83.3 Å². The van der Waals surface area contributed by atoms with Gasteiger partial charge in [0.2, 0.25) is 41.8 Å². The van der Waals surface area contributed by atoms with Gasteiger partial charge < -0.3 is 68.0 Å². The zero-order valence-electron chi connectivity index (χ0n) is 71.0. The summed E-state index contributed by atoms with van der Waals surface area (Å²) >= 11 is 0. The highest BCUT2D eigenvalue weighted by molar-refractivity contribution is 7.92. The molecule has 34 nitrogen and oxygen atoms in total. The summed E-state index contributed by atoms with van der Waals surface area (Å²) in [6, 6.07) is 54.5. The third kappa shape index (κ3) is 34.8. The molecule has 0 aliphatic carbocycles. The average Bonchev–Trinajstić information content (AvgIpc) is 1.40. The van der Waals surface area contributed by atoms with Gasteiger partial charge in [0.15, 0.2) is 5.82 Å². The SMILES string of the molecule is C.C.CCNS(=O)(=O)c1cccc(NC)c1.CCNS(=O)(=O)c1cccc(NC)c1.CNC(=O)c1cc(NC)cc(C(=O)NC)c1.CNC(=O)c1cc(NC)cc(C(F)(F)F)c1.CNc1cccc(-c2ccn(C)n2)c1.CNc1cccc(-c2nncn2C)c1.CNc1cccc(-c2nnn(C)n2)c1.CNc1cccc(N(CC(=O)N(C)C)S(C)(=O)=O)c1. The van der Waals surface area contributed by atoms with Crippen LogP contribution in [0.3, 0.4) is 0 Å². The predicted octanol–water partition coefficient (Wildman–Crippen LogP) is 11.0. The summed E-state index contributed by atoms with van der Waals surface area (Å²) in [7, 11) is 17.2. The second kappa shape index (κ2) is 52.1. The van der Waals surface area contributed by atoms with Gasteiger partial charge in [-0.2, -0.15) is 23.1 Å². The van der Waals surface area contributed by atoms with Crippen molar-refractivity contribution in [1.29, 1.82) is 0 Å². The molecule has 0 bridgehead atoms. The lowest BCUT2D eigenvalue weighted by atomic mass is 10.1. The Morgan fingerprint density at radius 1 is 0.447 bits per heavy atom. The number of hydrogen-bond donors (Lipinski definition) is 13. The summed E-state index contributed by atoms with van der Waals surface area (Å²) < 4.78 is 117. The molecular weight excluding hydrogens is 1650 g/mol. The summed E-state index contributed by atoms with van der Waals surface area (Å²) in [5.74, 6) is 0.249. The minimum absolute atomic E-state index is 0. The molecule has 40 heteroatoms. The number of alkyl halides is 3. The number of likely N-dealkylation sites (N-methyl/N-ethyl adjacent to an activating group) is 1. The van der Waals surface area contributed by atoms with E-state index in [-0.39, 0.29) is 60.2 Å². The number of sulfonamides is 3. The van der Waals surface area contributed by atoms with Gasteiger partial charge in [-0.25, -0.2) is 34.7 Å². The molecule has 123 heavy (non-hydrogen) atoms. The van der Waals surface area contributed by atoms with Gasteiger partial charge in [0.25, 0.3) is 17.7 Å². The van der Waals surface area contributed by atoms with Gasteiger partial charge in [-0.05, 0) is 139 Å². The Bertz CT molecular complexity index is 5300. The minimum Gasteiger partial charge on any atom is -0.388 e. The van der Waals surface area contributed by atoms with E-state index in [0.29, 0.717) is 35.7 Å². The Morgan fingerprint density at radius 2 is 0.837 bits per heavy atom. The maximum atomic E-state index is 12.5. The van der Waals surface area contributed by atoms with E-state index in [4.69, 9.17) is 0 Å². The molecule has 0 aliphatic heterocycles. The molecule has 11 aromatic rings. The van der Waals surface area contributed by atoms with Crippen molar-refractivity contribution in [2.24, 2.45) is 21.1 Å². The molecular formula is C83H117F3N24O10S3. The number of aryl methyl sites for hydroxylation is 3. The van der Waals surface area contributed by atoms with Crippen molar-refractivity contribution in [2.45, 2.75) is 44.7 Å². The molecule has 11 rings (SSSR count). The first-order chi connectivity index (χ1) is 57.3. The van der Waals surface area contributed by atoms with Gasteiger partial charge in [-0.15, -0.1) is 20.4 Å². The van der Waals surface area contributed by atoms with Crippen LogP contribution in [-0.2, 0) is 62.2 Å². The average molecular weight is 1760 g/mol. The van der Waals surface area contributed by atoms with E-state index in [9.17, 15) is 57.6 Å². The molecule has 0 saturated heterocycles. The number of anilines is 9. The number of hydrogen-bond acceptors (Lipinski definition) is 24. The maximum absolute atomic E-state index is 12.5. The molecule has 8 aromatic carbocycles. The summed E-state index contributed by atoms with van der Waals surface area (Å²) in [6.07, 6.45) is 0.264. The van der Waals surface area contributed by atoms with E-state index >= 15 is 0 Å². The molecule has 0 fully saturated rings. The molecule has 4 amide bonds. The minimum atomic E-state index is -4.46. The monoisotopic (exact) mass is 1760 g/mol. The maximum Gasteiger partial charge on any atom is 0.416 e. The predicted molar refractivity (Wildman–Crippen MR) is 489 cm³/mol. The molecule has 0 spiro atoms. The number of tetrazole rings is 1. The fourth-order valence-electron chi connectivity index (χ4n) is 10.2. The van der Waals surface area contributed by atoms with Gasteiger partial charge >= 0.3 is 6.18 Å². The van der Waals surface area contributed by atoms with Gasteiger partial charge in [0, 0.05) is 204 Å². The normalized spacial score (nSPS) is 10.4. The van der Waals surface area contributed by atoms with Crippen LogP contribution < -0.4 is 72.2 Å². The summed E-state index contributed by atoms with van der Waals surface area (Å²) in [6.45, 7) is 4.08. The van der Waals surface area contributed by atoms with E-state index in [0.717, 1.165) is 90.7 Å². The highest BCUT2D eigenvalue weighted by Crippen LogP contribution is 2.32. The van der Waals surface area contributed by atoms with Crippen molar-refractivity contribution in [2.75, 3.05) is 164 Å². The fraction of sp³-hybridized carbons (Fsp3) is 0.301. The number of aromatic nitrogens is 9. The standard InChI is InChI=1S/C12H19N3O3S.C11H15N3O2.C11H13N3.C10H11F3N2O.C10H12N4.C9H11N5.2C9H14N2O2S.2CH4/c1-13-10-6-5-7-11(8-10)15(19(4,17)18)9-12(16)14(2)3;1-12-9-5-7(10(15)13-2)4-8(6-9)11(16)14-3;1-12-10-5-3-4-9(8-10)11-6-7-14(2)13-11;1-14-8-4-6(9(16)15-2)3-7(5-8)10(11,12)13;1-11-9-5-3-4-8(6-9)10-13-12-7-14(10)2;1-10-8-5-3-4-7(6-8)9-11-13-14(2)12-9;2*1-3-11-14(12,13)9-6-4-5-8(7-9)10-2;;/h5-8,13H,9H2,1-4H3;4-6,12H,1-3H3,(H,13,15)(H,14,16);3-8,12H,1-2H3;3-5,14H,1-2H3,(H,15,16);3-7,11H,1-2H3;3-6,10H,1-2H3;2*4-7,10-11H,3H2,1-2H3;2*1H4. The Hall–Kier alpha value is -13.2. The molecule has 0 unspecified atom stereocenters. The van der Waals surface area contributed by atoms with Crippen molar-refractivity contribution < 1.29 is 57.6 Å². The lowest BCUT2D eigenvalue weighted by Gasteiger charge is -2.24. The molecule has 3 heterocycles. The third-order valence-electron chi connectivity index (χ3n) is 16.6. The van der Waals surface area contributed by atoms with E-state index < -0.39 is 47.7 Å². The van der Waals surface area contributed by atoms with Crippen LogP contribution in [0.1, 0.15) is 65.3 Å². The first-order valence-corrected chi connectivity index (χ1v) is 42.0. The Balaban J connectivity index is 0.000000476. The molecule has 3 aromatic heterocycles. The molecule has 0 saturated carbocycles. The third-order valence-corrected chi connectivity index (χ3v) is 20.8. The van der Waals surface area contributed by atoms with Crippen molar-refractivity contribution in [3.8, 4) is 34.0 Å². The van der Waals surface area contributed by atoms with Crippen molar-refractivity contribution in [1.82, 2.24) is 75.0 Å². The summed E-state index contributed by atoms with van der Waals surface area (Å²) in [5.41, 5.74) is 11.2. The van der Waals surface area contributed by atoms with Crippen molar-refractivity contribution >= 4 is 105 Å². The summed E-state index contributed by atoms with van der Waals surface area (Å²) in [5, 5.41) is 54.9. The van der Waals surface area contributed by atoms with E-state index in [2.05, 4.69) is 111 Å². The number of carbonyl (C=O) groups is 4. The second-order valence-electron chi connectivity index (χ2n) is 25.5. The van der Waals surface area contributed by atoms with Crippen LogP contribution in [0.4, 0.5) is 64.4 Å². The van der Waals surface area contributed by atoms with Crippen LogP contribution in [0.5, 0.6) is 0 Å². The zero-order valence-corrected chi connectivity index (χ0v) is 73.5. The Kier molecular flexibility index (Phi) is 44.9. The summed E-state index contributed by atoms with van der Waals surface area (Å²) in [4.78, 5) is 49.3. The molecule has 0 radical (unpaired) electrons. The Labute approximate surface area is 720 Å². The first-order valence-electron chi connectivity index (χ1n) is 37.2. The number of amides is 4. The van der Waals surface area contributed by atoms with E-state index in [1.165, 1.54) is 29.9 Å². The number of carbonyl (C=O) groups excluding carboxylic acids is 4. The van der Waals surface area contributed by atoms with Gasteiger partial charge in [0.05, 0.1) is 40.0 Å². The van der Waals surface area contributed by atoms with Crippen LogP contribution in [0, 0.1) is 0 Å². The van der Waals surface area contributed by atoms with Crippen LogP contribution in [-0.4, -0.2) is 216 Å². The van der Waals surface area contributed by atoms with Crippen LogP contribution in [0.2, 0.25) is 0 Å². The van der Waals surface area contributed by atoms with Crippen molar-refractivity contribution in [3.63, 3.8) is 0 Å². The fourth-order valence-corrected chi connectivity index (χ4v) is 13.2. The lowest BCUT2D eigenvalue weighted by Crippen LogP contribution is -2.39. The first kappa shape index (κ1) is 106. The quantitative estimate of drug-likeness (QED) is 0.0267. The number of rotatable bonds is 24. The van der Waals surface area contributed by atoms with E-state index in [1.807, 2.05) is 131 Å². The van der Waals surface area contributed by atoms with Crippen LogP contribution in [0.25, 0.3) is 34.0 Å². The lowest BCUT2D eigenvalue weighted by molar-refractivity contribution is -0.137. The Morgan fingerprint density at radius 3 is 1.21 bits per heavy atom. The molecule has 13 N–H and O–H groups in total. The van der Waals surface area contributed by atoms with Crippen LogP contribution in [0.15, 0.2) is 210 Å². The van der Waals surface area contributed by atoms with Crippen molar-refractivity contribution in [3.05, 3.63) is 223 Å². The largest absolute Gasteiger partial charge is 0.416 e. The smallest absolute Gasteiger partial charge is 0.388 e. The van der Waals surface area contributed by atoms with Crippen LogP contribution >= 0.6 is 0 Å². The zero-order chi connectivity index (χ0) is 90.2. The number of nitrogens with one attached hydrogen (secondary N) is 13.